The Morgan fingerprint density at radius 2 is 1.75 bits per heavy atom. The maximum atomic E-state index is 11.1. The summed E-state index contributed by atoms with van der Waals surface area (Å²) in [4.78, 5) is 0.939. The third kappa shape index (κ3) is 3.18. The van der Waals surface area contributed by atoms with Gasteiger partial charge in [0.15, 0.2) is 0 Å². The van der Waals surface area contributed by atoms with Crippen LogP contribution in [0.2, 0.25) is 0 Å². The first-order chi connectivity index (χ1) is 11.0. The van der Waals surface area contributed by atoms with Crippen LogP contribution in [0.4, 0.5) is 0 Å². The van der Waals surface area contributed by atoms with Crippen LogP contribution in [0.25, 0.3) is 0 Å². The van der Waals surface area contributed by atoms with E-state index in [-0.39, 0.29) is 28.8 Å². The van der Waals surface area contributed by atoms with Gasteiger partial charge in [0, 0.05) is 21.5 Å². The van der Waals surface area contributed by atoms with Crippen molar-refractivity contribution in [2.24, 2.45) is 22.7 Å². The molecule has 4 heteroatoms. The highest BCUT2D eigenvalue weighted by atomic mass is 79.9. The molecule has 3 fully saturated rings. The Kier molecular flexibility index (Phi) is 5.13. The van der Waals surface area contributed by atoms with Gasteiger partial charge in [-0.25, -0.2) is 0 Å². The molecule has 3 saturated carbocycles. The summed E-state index contributed by atoms with van der Waals surface area (Å²) in [6, 6.07) is 0. The minimum atomic E-state index is -0.694. The summed E-state index contributed by atoms with van der Waals surface area (Å²) in [5.41, 5.74) is 0.992. The molecule has 3 rings (SSSR count). The Labute approximate surface area is 163 Å². The predicted octanol–water partition coefficient (Wildman–Crippen LogP) is 5.20. The zero-order valence-corrected chi connectivity index (χ0v) is 18.5. The number of halogens is 2. The average Bonchev–Trinajstić information content (AvgIpc) is 2.72. The molecular weight excluding hydrogens is 432 g/mol. The number of alkyl halides is 2. The molecule has 24 heavy (non-hydrogen) atoms. The van der Waals surface area contributed by atoms with Gasteiger partial charge in [-0.3, -0.25) is 0 Å². The van der Waals surface area contributed by atoms with Gasteiger partial charge < -0.3 is 10.2 Å². The molecule has 138 valence electrons. The summed E-state index contributed by atoms with van der Waals surface area (Å²) in [6.45, 7) is 8.88. The van der Waals surface area contributed by atoms with Gasteiger partial charge in [0.05, 0.1) is 11.7 Å². The molecule has 0 saturated heterocycles. The van der Waals surface area contributed by atoms with Gasteiger partial charge >= 0.3 is 0 Å². The zero-order chi connectivity index (χ0) is 17.9. The van der Waals surface area contributed by atoms with E-state index in [2.05, 4.69) is 58.7 Å². The molecule has 0 heterocycles. The number of fused-ring (bicyclic) bond motifs is 1. The molecule has 0 aromatic rings. The van der Waals surface area contributed by atoms with E-state index in [0.29, 0.717) is 9.65 Å². The zero-order valence-electron chi connectivity index (χ0n) is 15.4. The van der Waals surface area contributed by atoms with Crippen LogP contribution in [0.1, 0.15) is 66.2 Å². The lowest BCUT2D eigenvalue weighted by Gasteiger charge is -2.50. The number of allylic oxidation sites excluding steroid dienone is 1. The number of aliphatic hydroxyl groups is 2. The van der Waals surface area contributed by atoms with Crippen LogP contribution in [0.3, 0.4) is 0 Å². The molecule has 7 atom stereocenters. The van der Waals surface area contributed by atoms with E-state index in [1.807, 2.05) is 6.92 Å². The second kappa shape index (κ2) is 6.35. The molecule has 2 nitrogen and oxygen atoms in total. The second-order valence-electron chi connectivity index (χ2n) is 9.69. The van der Waals surface area contributed by atoms with Crippen molar-refractivity contribution in [2.45, 2.75) is 87.6 Å². The van der Waals surface area contributed by atoms with Crippen molar-refractivity contribution >= 4 is 31.9 Å². The van der Waals surface area contributed by atoms with Gasteiger partial charge in [-0.05, 0) is 56.3 Å². The quantitative estimate of drug-likeness (QED) is 0.414. The summed E-state index contributed by atoms with van der Waals surface area (Å²) in [7, 11) is 0. The highest BCUT2D eigenvalue weighted by Crippen LogP contribution is 2.61. The lowest BCUT2D eigenvalue weighted by atomic mass is 9.60. The van der Waals surface area contributed by atoms with Gasteiger partial charge in [0.25, 0.3) is 0 Å². The van der Waals surface area contributed by atoms with Crippen LogP contribution in [0.15, 0.2) is 11.6 Å². The fourth-order valence-corrected chi connectivity index (χ4v) is 6.93. The third-order valence-corrected chi connectivity index (χ3v) is 10.4. The van der Waals surface area contributed by atoms with E-state index < -0.39 is 5.60 Å². The van der Waals surface area contributed by atoms with Gasteiger partial charge in [0.2, 0.25) is 0 Å². The molecule has 0 unspecified atom stereocenters. The van der Waals surface area contributed by atoms with Gasteiger partial charge in [-0.15, -0.1) is 0 Å². The van der Waals surface area contributed by atoms with Crippen molar-refractivity contribution in [1.82, 2.24) is 0 Å². The Hall–Kier alpha value is 0.620. The molecule has 3 aliphatic carbocycles. The Balaban J connectivity index is 1.91. The van der Waals surface area contributed by atoms with Crippen molar-refractivity contribution in [3.8, 4) is 0 Å². The van der Waals surface area contributed by atoms with Crippen molar-refractivity contribution in [2.75, 3.05) is 0 Å². The summed E-state index contributed by atoms with van der Waals surface area (Å²) in [5, 5.41) is 22.0. The highest BCUT2D eigenvalue weighted by molar-refractivity contribution is 9.09. The maximum Gasteiger partial charge on any atom is 0.0660 e. The Bertz CT molecular complexity index is 528. The fourth-order valence-electron chi connectivity index (χ4n) is 5.84. The first kappa shape index (κ1) is 19.4. The molecule has 0 bridgehead atoms. The van der Waals surface area contributed by atoms with Gasteiger partial charge in [0.1, 0.15) is 0 Å². The van der Waals surface area contributed by atoms with E-state index in [1.165, 1.54) is 5.57 Å². The van der Waals surface area contributed by atoms with Crippen LogP contribution in [0, 0.1) is 22.7 Å². The van der Waals surface area contributed by atoms with E-state index >= 15 is 0 Å². The van der Waals surface area contributed by atoms with Crippen LogP contribution >= 0.6 is 31.9 Å². The van der Waals surface area contributed by atoms with Crippen LogP contribution in [0.5, 0.6) is 0 Å². The molecule has 2 N–H and O–H groups in total. The SMILES string of the molecule is CC1(C)C/C(=C\[C@@H]2[C@H](O)C[C@]3(C)[C@@H](Br)CC[C@@](C)(O)[C@@H]23)CC[C@@H]1Br. The highest BCUT2D eigenvalue weighted by Gasteiger charge is 2.61. The molecule has 3 aliphatic rings. The first-order valence-corrected chi connectivity index (χ1v) is 11.2. The van der Waals surface area contributed by atoms with Crippen LogP contribution in [-0.4, -0.2) is 31.6 Å². The van der Waals surface area contributed by atoms with Crippen molar-refractivity contribution in [1.29, 1.82) is 0 Å². The molecule has 0 radical (unpaired) electrons. The molecular formula is C20H32Br2O2. The lowest BCUT2D eigenvalue weighted by molar-refractivity contribution is -0.0884. The number of aliphatic hydroxyl groups excluding tert-OH is 1. The Morgan fingerprint density at radius 3 is 2.38 bits per heavy atom. The fraction of sp³-hybridized carbons (Fsp3) is 0.900. The standard InChI is InChI=1S/C20H32Br2O2/c1-18(2)10-12(5-6-15(18)21)9-13-14(23)11-19(3)16(22)7-8-20(4,24)17(13)19/h9,13-17,23-24H,5-8,10-11H2,1-4H3/b12-9-/t13-,14-,15+,16+,17+,19-,20-/m1/s1. The van der Waals surface area contributed by atoms with E-state index in [0.717, 1.165) is 38.5 Å². The molecule has 0 spiro atoms. The molecule has 0 amide bonds. The largest absolute Gasteiger partial charge is 0.392 e. The predicted molar refractivity (Wildman–Crippen MR) is 107 cm³/mol. The molecule has 0 aromatic heterocycles. The minimum Gasteiger partial charge on any atom is -0.392 e. The summed E-state index contributed by atoms with van der Waals surface area (Å²) in [5.74, 6) is 0.193. The number of rotatable bonds is 1. The third-order valence-electron chi connectivity index (χ3n) is 7.16. The monoisotopic (exact) mass is 462 g/mol. The lowest BCUT2D eigenvalue weighted by Crippen LogP contribution is -2.52. The first-order valence-electron chi connectivity index (χ1n) is 9.35. The van der Waals surface area contributed by atoms with Gasteiger partial charge in [-0.1, -0.05) is 64.3 Å². The Morgan fingerprint density at radius 1 is 1.08 bits per heavy atom. The minimum absolute atomic E-state index is 0.0367. The average molecular weight is 464 g/mol. The maximum absolute atomic E-state index is 11.1. The topological polar surface area (TPSA) is 40.5 Å². The van der Waals surface area contributed by atoms with E-state index in [9.17, 15) is 10.2 Å². The second-order valence-corrected chi connectivity index (χ2v) is 11.9. The summed E-state index contributed by atoms with van der Waals surface area (Å²) in [6.07, 6.45) is 7.91. The van der Waals surface area contributed by atoms with Crippen molar-refractivity contribution in [3.63, 3.8) is 0 Å². The van der Waals surface area contributed by atoms with Gasteiger partial charge in [-0.2, -0.15) is 0 Å². The smallest absolute Gasteiger partial charge is 0.0660 e. The van der Waals surface area contributed by atoms with Crippen LogP contribution in [-0.2, 0) is 0 Å². The van der Waals surface area contributed by atoms with Crippen molar-refractivity contribution in [3.05, 3.63) is 11.6 Å². The molecule has 0 aliphatic heterocycles. The van der Waals surface area contributed by atoms with Crippen LogP contribution < -0.4 is 0 Å². The van der Waals surface area contributed by atoms with E-state index in [4.69, 9.17) is 0 Å². The summed E-state index contributed by atoms with van der Waals surface area (Å²) >= 11 is 7.69. The normalized spacial score (nSPS) is 53.2. The number of hydrogen-bond donors (Lipinski definition) is 2. The van der Waals surface area contributed by atoms with Crippen molar-refractivity contribution < 1.29 is 10.2 Å². The summed E-state index contributed by atoms with van der Waals surface area (Å²) < 4.78 is 0. The number of hydrogen-bond acceptors (Lipinski definition) is 2. The molecule has 0 aromatic carbocycles. The van der Waals surface area contributed by atoms with E-state index in [1.54, 1.807) is 0 Å².